The molecule has 0 unspecified atom stereocenters. The zero-order valence-corrected chi connectivity index (χ0v) is 10.1. The molecule has 1 fully saturated rings. The number of aromatic nitrogens is 2. The Kier molecular flexibility index (Phi) is 3.03. The number of piperidine rings is 1. The smallest absolute Gasteiger partial charge is 0.188 e. The molecule has 0 aromatic carbocycles. The van der Waals surface area contributed by atoms with E-state index in [0.29, 0.717) is 9.90 Å². The monoisotopic (exact) mass is 247 g/mol. The number of hydrogen-bond donors (Lipinski definition) is 1. The molecule has 2 heterocycles. The third kappa shape index (κ3) is 2.35. The van der Waals surface area contributed by atoms with Crippen LogP contribution in [0.15, 0.2) is 4.21 Å². The second-order valence-electron chi connectivity index (χ2n) is 3.76. The zero-order chi connectivity index (χ0) is 10.9. The second kappa shape index (κ2) is 4.15. The molecule has 1 N–H and O–H groups in total. The minimum Gasteiger partial charge on any atom is -0.316 e. The summed E-state index contributed by atoms with van der Waals surface area (Å²) in [5.41, 5.74) is 0.648. The van der Waals surface area contributed by atoms with E-state index in [1.165, 1.54) is 6.26 Å². The maximum Gasteiger partial charge on any atom is 0.188 e. The summed E-state index contributed by atoms with van der Waals surface area (Å²) in [7, 11) is -3.17. The standard InChI is InChI=1S/C8H13N3O2S2/c1-15(12,13)8-7(10-11-14-8)6-3-2-4-9-5-6/h6,9H,2-5H2,1H3/t6-/m0/s1. The van der Waals surface area contributed by atoms with Gasteiger partial charge in [-0.3, -0.25) is 0 Å². The number of nitrogens with one attached hydrogen (secondary N) is 1. The number of hydrogen-bond acceptors (Lipinski definition) is 6. The first-order valence-electron chi connectivity index (χ1n) is 4.82. The lowest BCUT2D eigenvalue weighted by atomic mass is 9.97. The predicted octanol–water partition coefficient (Wildman–Crippen LogP) is 0.409. The molecular formula is C8H13N3O2S2. The quantitative estimate of drug-likeness (QED) is 0.819. The summed E-state index contributed by atoms with van der Waals surface area (Å²) < 4.78 is 27.0. The van der Waals surface area contributed by atoms with E-state index in [-0.39, 0.29) is 5.92 Å². The lowest BCUT2D eigenvalue weighted by Crippen LogP contribution is -2.29. The topological polar surface area (TPSA) is 72.0 Å². The number of rotatable bonds is 2. The molecule has 0 aliphatic carbocycles. The molecule has 0 radical (unpaired) electrons. The van der Waals surface area contributed by atoms with Gasteiger partial charge in [-0.05, 0) is 19.4 Å². The van der Waals surface area contributed by atoms with Gasteiger partial charge in [-0.2, -0.15) is 0 Å². The first kappa shape index (κ1) is 11.0. The van der Waals surface area contributed by atoms with Crippen LogP contribution >= 0.6 is 11.5 Å². The molecule has 15 heavy (non-hydrogen) atoms. The SMILES string of the molecule is CS(=O)(=O)c1snnc1[C@H]1CCCNC1. The van der Waals surface area contributed by atoms with Crippen LogP contribution in [0.1, 0.15) is 24.5 Å². The van der Waals surface area contributed by atoms with Crippen molar-refractivity contribution in [2.75, 3.05) is 19.3 Å². The Labute approximate surface area is 93.0 Å². The molecule has 2 rings (SSSR count). The van der Waals surface area contributed by atoms with Gasteiger partial charge in [-0.1, -0.05) is 4.49 Å². The van der Waals surface area contributed by atoms with E-state index in [2.05, 4.69) is 14.9 Å². The van der Waals surface area contributed by atoms with Crippen molar-refractivity contribution in [3.05, 3.63) is 5.69 Å². The third-order valence-corrected chi connectivity index (χ3v) is 5.05. The Bertz CT molecular complexity index is 434. The van der Waals surface area contributed by atoms with Crippen LogP contribution in [0.2, 0.25) is 0 Å². The first-order valence-corrected chi connectivity index (χ1v) is 7.48. The van der Waals surface area contributed by atoms with E-state index in [1.54, 1.807) is 0 Å². The third-order valence-electron chi connectivity index (χ3n) is 2.50. The van der Waals surface area contributed by atoms with Crippen molar-refractivity contribution in [3.63, 3.8) is 0 Å². The van der Waals surface area contributed by atoms with E-state index in [1.807, 2.05) is 0 Å². The first-order chi connectivity index (χ1) is 7.09. The fourth-order valence-electron chi connectivity index (χ4n) is 1.78. The van der Waals surface area contributed by atoms with Crippen LogP contribution in [-0.4, -0.2) is 37.4 Å². The van der Waals surface area contributed by atoms with Gasteiger partial charge in [0.05, 0.1) is 5.69 Å². The van der Waals surface area contributed by atoms with Gasteiger partial charge in [0.2, 0.25) is 0 Å². The van der Waals surface area contributed by atoms with Crippen LogP contribution < -0.4 is 5.32 Å². The molecular weight excluding hydrogens is 234 g/mol. The lowest BCUT2D eigenvalue weighted by Gasteiger charge is -2.21. The van der Waals surface area contributed by atoms with E-state index >= 15 is 0 Å². The molecule has 1 aromatic heterocycles. The predicted molar refractivity (Wildman–Crippen MR) is 57.9 cm³/mol. The molecule has 1 aromatic rings. The Morgan fingerprint density at radius 1 is 1.53 bits per heavy atom. The Hall–Kier alpha value is -0.530. The molecule has 0 amide bonds. The zero-order valence-electron chi connectivity index (χ0n) is 8.43. The number of sulfone groups is 1. The van der Waals surface area contributed by atoms with Gasteiger partial charge in [-0.15, -0.1) is 5.10 Å². The molecule has 1 aliphatic rings. The summed E-state index contributed by atoms with van der Waals surface area (Å²) in [4.78, 5) is 0. The van der Waals surface area contributed by atoms with E-state index in [4.69, 9.17) is 0 Å². The molecule has 5 nitrogen and oxygen atoms in total. The Morgan fingerprint density at radius 2 is 2.33 bits per heavy atom. The van der Waals surface area contributed by atoms with Gasteiger partial charge < -0.3 is 5.32 Å². The highest BCUT2D eigenvalue weighted by molar-refractivity contribution is 7.92. The molecule has 7 heteroatoms. The van der Waals surface area contributed by atoms with Crippen molar-refractivity contribution < 1.29 is 8.42 Å². The van der Waals surface area contributed by atoms with Crippen molar-refractivity contribution in [1.82, 2.24) is 14.9 Å². The fourth-order valence-corrected chi connectivity index (χ4v) is 3.51. The molecule has 1 saturated heterocycles. The highest BCUT2D eigenvalue weighted by Crippen LogP contribution is 2.29. The Balaban J connectivity index is 2.32. The maximum absolute atomic E-state index is 11.5. The van der Waals surface area contributed by atoms with Crippen molar-refractivity contribution in [3.8, 4) is 0 Å². The summed E-state index contributed by atoms with van der Waals surface area (Å²) in [6, 6.07) is 0. The van der Waals surface area contributed by atoms with Crippen LogP contribution in [-0.2, 0) is 9.84 Å². The van der Waals surface area contributed by atoms with Gasteiger partial charge in [0, 0.05) is 30.3 Å². The summed E-state index contributed by atoms with van der Waals surface area (Å²) in [6.45, 7) is 1.80. The molecule has 1 atom stereocenters. The maximum atomic E-state index is 11.5. The normalized spacial score (nSPS) is 22.9. The highest BCUT2D eigenvalue weighted by Gasteiger charge is 2.26. The van der Waals surface area contributed by atoms with Crippen molar-refractivity contribution in [2.45, 2.75) is 23.0 Å². The van der Waals surface area contributed by atoms with Crippen molar-refractivity contribution in [1.29, 1.82) is 0 Å². The summed E-state index contributed by atoms with van der Waals surface area (Å²) in [6.07, 6.45) is 3.26. The van der Waals surface area contributed by atoms with Gasteiger partial charge >= 0.3 is 0 Å². The van der Waals surface area contributed by atoms with Crippen LogP contribution in [0.5, 0.6) is 0 Å². The van der Waals surface area contributed by atoms with Crippen LogP contribution in [0, 0.1) is 0 Å². The largest absolute Gasteiger partial charge is 0.316 e. The van der Waals surface area contributed by atoms with Gasteiger partial charge in [0.25, 0.3) is 0 Å². The van der Waals surface area contributed by atoms with E-state index in [0.717, 1.165) is 37.5 Å². The van der Waals surface area contributed by atoms with Gasteiger partial charge in [-0.25, -0.2) is 8.42 Å². The number of nitrogens with zero attached hydrogens (tertiary/aromatic N) is 2. The average Bonchev–Trinajstić information content (AvgIpc) is 2.67. The molecule has 0 saturated carbocycles. The highest BCUT2D eigenvalue weighted by atomic mass is 32.2. The van der Waals surface area contributed by atoms with Crippen LogP contribution in [0.25, 0.3) is 0 Å². The van der Waals surface area contributed by atoms with Gasteiger partial charge in [0.1, 0.15) is 0 Å². The summed E-state index contributed by atoms with van der Waals surface area (Å²) in [5.74, 6) is 0.197. The average molecular weight is 247 g/mol. The van der Waals surface area contributed by atoms with Crippen molar-refractivity contribution in [2.24, 2.45) is 0 Å². The molecule has 84 valence electrons. The summed E-state index contributed by atoms with van der Waals surface area (Å²) in [5, 5.41) is 7.20. The van der Waals surface area contributed by atoms with Crippen LogP contribution in [0.3, 0.4) is 0 Å². The van der Waals surface area contributed by atoms with E-state index < -0.39 is 9.84 Å². The van der Waals surface area contributed by atoms with Gasteiger partial charge in [0.15, 0.2) is 14.0 Å². The molecule has 0 spiro atoms. The van der Waals surface area contributed by atoms with E-state index in [9.17, 15) is 8.42 Å². The second-order valence-corrected chi connectivity index (χ2v) is 6.73. The van der Waals surface area contributed by atoms with Crippen LogP contribution in [0.4, 0.5) is 0 Å². The molecule has 0 bridgehead atoms. The minimum atomic E-state index is -3.17. The fraction of sp³-hybridized carbons (Fsp3) is 0.750. The minimum absolute atomic E-state index is 0.197. The van der Waals surface area contributed by atoms with Crippen molar-refractivity contribution >= 4 is 21.4 Å². The summed E-state index contributed by atoms with van der Waals surface area (Å²) >= 11 is 0.973. The lowest BCUT2D eigenvalue weighted by molar-refractivity contribution is 0.449. The molecule has 1 aliphatic heterocycles. The Morgan fingerprint density at radius 3 is 2.93 bits per heavy atom.